The number of rotatable bonds is 6. The van der Waals surface area contributed by atoms with Crippen LogP contribution in [0, 0.1) is 0 Å². The van der Waals surface area contributed by atoms with Crippen molar-refractivity contribution >= 4 is 23.3 Å². The Bertz CT molecular complexity index is 454. The first-order valence-corrected chi connectivity index (χ1v) is 7.79. The summed E-state index contributed by atoms with van der Waals surface area (Å²) in [5.41, 5.74) is 8.74. The number of nitrogens with two attached hydrogens (primary N) is 1. The molecular formula is C13H17N3S2. The van der Waals surface area contributed by atoms with Gasteiger partial charge in [0.1, 0.15) is 6.33 Å². The minimum atomic E-state index is 0.0505. The summed E-state index contributed by atoms with van der Waals surface area (Å²) in [5.74, 6) is 0.836. The normalized spacial score (nSPS) is 12.6. The van der Waals surface area contributed by atoms with E-state index in [2.05, 4.69) is 40.5 Å². The van der Waals surface area contributed by atoms with Crippen molar-refractivity contribution in [3.8, 4) is 0 Å². The van der Waals surface area contributed by atoms with Crippen LogP contribution in [-0.2, 0) is 6.42 Å². The van der Waals surface area contributed by atoms with Gasteiger partial charge in [0.15, 0.2) is 4.34 Å². The number of aryl methyl sites for hydroxylation is 1. The maximum absolute atomic E-state index is 6.17. The third kappa shape index (κ3) is 3.80. The van der Waals surface area contributed by atoms with Gasteiger partial charge in [0, 0.05) is 11.8 Å². The molecule has 0 fully saturated rings. The van der Waals surface area contributed by atoms with Crippen LogP contribution in [0.3, 0.4) is 0 Å². The van der Waals surface area contributed by atoms with Crippen molar-refractivity contribution < 1.29 is 0 Å². The second kappa shape index (κ2) is 6.87. The van der Waals surface area contributed by atoms with E-state index in [1.54, 1.807) is 18.1 Å². The molecule has 1 unspecified atom stereocenters. The Morgan fingerprint density at radius 3 is 2.72 bits per heavy atom. The van der Waals surface area contributed by atoms with Crippen LogP contribution in [0.2, 0.25) is 0 Å². The van der Waals surface area contributed by atoms with Crippen LogP contribution < -0.4 is 5.73 Å². The Morgan fingerprint density at radius 2 is 2.11 bits per heavy atom. The predicted molar refractivity (Wildman–Crippen MR) is 78.0 cm³/mol. The fourth-order valence-corrected chi connectivity index (χ4v) is 3.16. The zero-order valence-electron chi connectivity index (χ0n) is 10.4. The summed E-state index contributed by atoms with van der Waals surface area (Å²) in [6.07, 6.45) is 3.89. The fraction of sp³-hybridized carbons (Fsp3) is 0.385. The number of benzene rings is 1. The summed E-state index contributed by atoms with van der Waals surface area (Å²) in [7, 11) is 0. The lowest BCUT2D eigenvalue weighted by Gasteiger charge is -2.11. The molecule has 0 aliphatic heterocycles. The molecule has 1 atom stereocenters. The second-order valence-electron chi connectivity index (χ2n) is 4.12. The van der Waals surface area contributed by atoms with Gasteiger partial charge in [0.2, 0.25) is 0 Å². The summed E-state index contributed by atoms with van der Waals surface area (Å²) in [6, 6.07) is 8.67. The molecule has 0 spiro atoms. The van der Waals surface area contributed by atoms with Gasteiger partial charge in [-0.1, -0.05) is 49.4 Å². The topological polar surface area (TPSA) is 51.8 Å². The van der Waals surface area contributed by atoms with E-state index in [0.717, 1.165) is 16.5 Å². The molecule has 96 valence electrons. The SMILES string of the molecule is CCCc1ccc(C(N)CSc2ncns2)cc1. The second-order valence-corrected chi connectivity index (χ2v) is 6.16. The van der Waals surface area contributed by atoms with Gasteiger partial charge in [-0.25, -0.2) is 4.98 Å². The van der Waals surface area contributed by atoms with Gasteiger partial charge in [-0.15, -0.1) is 0 Å². The van der Waals surface area contributed by atoms with E-state index in [-0.39, 0.29) is 6.04 Å². The maximum Gasteiger partial charge on any atom is 0.169 e. The van der Waals surface area contributed by atoms with E-state index < -0.39 is 0 Å². The van der Waals surface area contributed by atoms with Crippen molar-refractivity contribution in [1.29, 1.82) is 0 Å². The maximum atomic E-state index is 6.17. The summed E-state index contributed by atoms with van der Waals surface area (Å²) < 4.78 is 4.95. The monoisotopic (exact) mass is 279 g/mol. The minimum Gasteiger partial charge on any atom is -0.323 e. The van der Waals surface area contributed by atoms with Gasteiger partial charge in [-0.3, -0.25) is 0 Å². The summed E-state index contributed by atoms with van der Waals surface area (Å²) in [4.78, 5) is 4.14. The molecule has 0 radical (unpaired) electrons. The molecule has 5 heteroatoms. The van der Waals surface area contributed by atoms with Gasteiger partial charge in [0.25, 0.3) is 0 Å². The Hall–Kier alpha value is -0.910. The lowest BCUT2D eigenvalue weighted by atomic mass is 10.0. The Labute approximate surface area is 116 Å². The molecule has 1 aromatic heterocycles. The molecule has 0 saturated carbocycles. The number of hydrogen-bond acceptors (Lipinski definition) is 5. The highest BCUT2D eigenvalue weighted by atomic mass is 32.2. The molecular weight excluding hydrogens is 262 g/mol. The van der Waals surface area contributed by atoms with Crippen molar-refractivity contribution in [2.24, 2.45) is 5.73 Å². The molecule has 0 saturated heterocycles. The van der Waals surface area contributed by atoms with Crippen molar-refractivity contribution in [2.45, 2.75) is 30.1 Å². The zero-order valence-corrected chi connectivity index (χ0v) is 12.0. The first-order valence-electron chi connectivity index (χ1n) is 6.03. The summed E-state index contributed by atoms with van der Waals surface area (Å²) >= 11 is 3.08. The van der Waals surface area contributed by atoms with E-state index in [9.17, 15) is 0 Å². The molecule has 2 aromatic rings. The average Bonchev–Trinajstić information content (AvgIpc) is 2.90. The number of thioether (sulfide) groups is 1. The van der Waals surface area contributed by atoms with Crippen molar-refractivity contribution in [2.75, 3.05) is 5.75 Å². The average molecular weight is 279 g/mol. The van der Waals surface area contributed by atoms with Crippen LogP contribution in [0.4, 0.5) is 0 Å². The molecule has 0 aliphatic rings. The highest BCUT2D eigenvalue weighted by Crippen LogP contribution is 2.24. The van der Waals surface area contributed by atoms with Gasteiger partial charge >= 0.3 is 0 Å². The van der Waals surface area contributed by atoms with Crippen LogP contribution in [0.15, 0.2) is 34.9 Å². The van der Waals surface area contributed by atoms with E-state index in [0.29, 0.717) is 0 Å². The first-order chi connectivity index (χ1) is 8.79. The van der Waals surface area contributed by atoms with Crippen molar-refractivity contribution in [1.82, 2.24) is 9.36 Å². The van der Waals surface area contributed by atoms with E-state index in [1.165, 1.54) is 29.1 Å². The molecule has 1 heterocycles. The van der Waals surface area contributed by atoms with E-state index in [1.807, 2.05) is 0 Å². The highest BCUT2D eigenvalue weighted by molar-refractivity contribution is 8.00. The number of aromatic nitrogens is 2. The molecule has 3 nitrogen and oxygen atoms in total. The first kappa shape index (κ1) is 13.5. The molecule has 0 aliphatic carbocycles. The van der Waals surface area contributed by atoms with Crippen LogP contribution in [-0.4, -0.2) is 15.1 Å². The molecule has 0 bridgehead atoms. The Balaban J connectivity index is 1.89. The largest absolute Gasteiger partial charge is 0.323 e. The van der Waals surface area contributed by atoms with Gasteiger partial charge in [-0.05, 0) is 29.1 Å². The molecule has 1 aromatic carbocycles. The third-order valence-corrected chi connectivity index (χ3v) is 4.59. The number of hydrogen-bond donors (Lipinski definition) is 1. The fourth-order valence-electron chi connectivity index (χ4n) is 1.70. The van der Waals surface area contributed by atoms with Crippen LogP contribution in [0.25, 0.3) is 0 Å². The summed E-state index contributed by atoms with van der Waals surface area (Å²) in [5, 5.41) is 0. The minimum absolute atomic E-state index is 0.0505. The summed E-state index contributed by atoms with van der Waals surface area (Å²) in [6.45, 7) is 2.19. The van der Waals surface area contributed by atoms with Gasteiger partial charge in [0.05, 0.1) is 0 Å². The highest BCUT2D eigenvalue weighted by Gasteiger charge is 2.08. The molecule has 0 amide bonds. The zero-order chi connectivity index (χ0) is 12.8. The van der Waals surface area contributed by atoms with E-state index in [4.69, 9.17) is 5.73 Å². The Kier molecular flexibility index (Phi) is 5.16. The lowest BCUT2D eigenvalue weighted by Crippen LogP contribution is -2.12. The standard InChI is InChI=1S/C13H17N3S2/c1-2-3-10-4-6-11(7-5-10)12(14)8-17-13-15-9-16-18-13/h4-7,9,12H,2-3,8,14H2,1H3. The predicted octanol–water partition coefficient (Wildman–Crippen LogP) is 3.28. The van der Waals surface area contributed by atoms with Crippen LogP contribution >= 0.6 is 23.3 Å². The van der Waals surface area contributed by atoms with Crippen LogP contribution in [0.5, 0.6) is 0 Å². The Morgan fingerprint density at radius 1 is 1.33 bits per heavy atom. The molecule has 2 N–H and O–H groups in total. The van der Waals surface area contributed by atoms with Crippen molar-refractivity contribution in [3.63, 3.8) is 0 Å². The lowest BCUT2D eigenvalue weighted by molar-refractivity contribution is 0.827. The third-order valence-electron chi connectivity index (χ3n) is 2.67. The quantitative estimate of drug-likeness (QED) is 0.824. The van der Waals surface area contributed by atoms with Gasteiger partial charge < -0.3 is 5.73 Å². The molecule has 2 rings (SSSR count). The van der Waals surface area contributed by atoms with E-state index >= 15 is 0 Å². The van der Waals surface area contributed by atoms with Gasteiger partial charge in [-0.2, -0.15) is 4.37 Å². The molecule has 18 heavy (non-hydrogen) atoms. The van der Waals surface area contributed by atoms with Crippen molar-refractivity contribution in [3.05, 3.63) is 41.7 Å². The van der Waals surface area contributed by atoms with Crippen LogP contribution in [0.1, 0.15) is 30.5 Å². The number of nitrogens with zero attached hydrogens (tertiary/aromatic N) is 2. The smallest absolute Gasteiger partial charge is 0.169 e.